The molecule has 0 amide bonds. The molecule has 176 valence electrons. The Morgan fingerprint density at radius 3 is 2.91 bits per heavy atom. The number of nitrogens with zero attached hydrogens (tertiary/aromatic N) is 2. The fourth-order valence-corrected chi connectivity index (χ4v) is 5.26. The van der Waals surface area contributed by atoms with E-state index in [-0.39, 0.29) is 24.0 Å². The maximum Gasteiger partial charge on any atom is 0.303 e. The van der Waals surface area contributed by atoms with Crippen LogP contribution in [0.15, 0.2) is 47.3 Å². The lowest BCUT2D eigenvalue weighted by Gasteiger charge is -2.37. The molecule has 1 saturated heterocycles. The van der Waals surface area contributed by atoms with Gasteiger partial charge in [0, 0.05) is 47.5 Å². The number of Topliss-reactive ketones (excluding diaryl/α,β-unsaturated/α-hetero) is 1. The summed E-state index contributed by atoms with van der Waals surface area (Å²) in [5.41, 5.74) is 2.41. The second-order valence-electron chi connectivity index (χ2n) is 8.66. The van der Waals surface area contributed by atoms with Crippen LogP contribution in [0.4, 0.5) is 0 Å². The zero-order valence-corrected chi connectivity index (χ0v) is 20.0. The number of carboxylic acids is 1. The molecule has 7 heteroatoms. The van der Waals surface area contributed by atoms with E-state index in [2.05, 4.69) is 21.7 Å². The zero-order chi connectivity index (χ0) is 23.9. The number of hydrogen-bond acceptors (Lipinski definition) is 6. The molecule has 0 saturated carbocycles. The second-order valence-corrected chi connectivity index (χ2v) is 9.44. The average molecular weight is 477 g/mol. The van der Waals surface area contributed by atoms with Crippen LogP contribution >= 0.6 is 11.3 Å². The first-order valence-corrected chi connectivity index (χ1v) is 12.4. The van der Waals surface area contributed by atoms with Crippen molar-refractivity contribution >= 4 is 34.0 Å². The Hall–Kier alpha value is -3.21. The van der Waals surface area contributed by atoms with E-state index < -0.39 is 5.97 Å². The molecule has 2 atom stereocenters. The standard InChI is InChI=1S/C27H28N2O4S/c1-33-22-5-6-25-24(16-22)23(8-11-28-25)26(30)7-4-20-9-13-29(17-21(20)15-27(31)32)12-2-3-19-10-14-34-18-19/h5-6,8,10-11,14,16,18,20-21H,4,7,9,12-13,15,17H2,1H3,(H,31,32). The van der Waals surface area contributed by atoms with Crippen molar-refractivity contribution in [2.45, 2.75) is 25.7 Å². The highest BCUT2D eigenvalue weighted by Gasteiger charge is 2.31. The smallest absolute Gasteiger partial charge is 0.303 e. The summed E-state index contributed by atoms with van der Waals surface area (Å²) in [5, 5.41) is 14.3. The Balaban J connectivity index is 1.40. The minimum Gasteiger partial charge on any atom is -0.497 e. The quantitative estimate of drug-likeness (QED) is 0.374. The van der Waals surface area contributed by atoms with E-state index >= 15 is 0 Å². The van der Waals surface area contributed by atoms with Gasteiger partial charge in [-0.05, 0) is 66.9 Å². The molecule has 0 spiro atoms. The molecule has 6 nitrogen and oxygen atoms in total. The molecule has 1 aliphatic rings. The van der Waals surface area contributed by atoms with Crippen LogP contribution < -0.4 is 4.74 Å². The van der Waals surface area contributed by atoms with Gasteiger partial charge in [-0.2, -0.15) is 11.3 Å². The van der Waals surface area contributed by atoms with Crippen LogP contribution in [-0.4, -0.2) is 53.5 Å². The summed E-state index contributed by atoms with van der Waals surface area (Å²) in [4.78, 5) is 31.2. The number of aliphatic carboxylic acids is 1. The van der Waals surface area contributed by atoms with E-state index in [1.165, 1.54) is 0 Å². The fraction of sp³-hybridized carbons (Fsp3) is 0.370. The van der Waals surface area contributed by atoms with E-state index in [1.807, 2.05) is 35.0 Å². The average Bonchev–Trinajstić information content (AvgIpc) is 3.36. The Labute approximate surface area is 203 Å². The first-order chi connectivity index (χ1) is 16.5. The predicted molar refractivity (Wildman–Crippen MR) is 133 cm³/mol. The van der Waals surface area contributed by atoms with Crippen LogP contribution in [0.25, 0.3) is 10.9 Å². The summed E-state index contributed by atoms with van der Waals surface area (Å²) in [7, 11) is 1.60. The van der Waals surface area contributed by atoms with E-state index in [4.69, 9.17) is 4.74 Å². The monoisotopic (exact) mass is 476 g/mol. The van der Waals surface area contributed by atoms with Crippen LogP contribution in [0, 0.1) is 23.7 Å². The van der Waals surface area contributed by atoms with Gasteiger partial charge >= 0.3 is 5.97 Å². The minimum absolute atomic E-state index is 0.0104. The molecular weight excluding hydrogens is 448 g/mol. The number of thiophene rings is 1. The molecule has 4 rings (SSSR count). The number of benzene rings is 1. The zero-order valence-electron chi connectivity index (χ0n) is 19.2. The first-order valence-electron chi connectivity index (χ1n) is 11.4. The molecule has 3 heterocycles. The van der Waals surface area contributed by atoms with Gasteiger partial charge in [-0.25, -0.2) is 0 Å². The van der Waals surface area contributed by atoms with E-state index in [0.717, 1.165) is 29.4 Å². The number of piperidine rings is 1. The molecule has 0 radical (unpaired) electrons. The number of hydrogen-bond donors (Lipinski definition) is 1. The summed E-state index contributed by atoms with van der Waals surface area (Å²) in [6.45, 7) is 2.18. The van der Waals surface area contributed by atoms with Crippen LogP contribution in [0.3, 0.4) is 0 Å². The van der Waals surface area contributed by atoms with Gasteiger partial charge < -0.3 is 9.84 Å². The fourth-order valence-electron chi connectivity index (χ4n) is 4.67. The minimum atomic E-state index is -0.792. The van der Waals surface area contributed by atoms with Crippen LogP contribution in [-0.2, 0) is 4.79 Å². The predicted octanol–water partition coefficient (Wildman–Crippen LogP) is 4.73. The highest BCUT2D eigenvalue weighted by Crippen LogP contribution is 2.31. The Bertz CT molecular complexity index is 1210. The molecule has 1 fully saturated rings. The van der Waals surface area contributed by atoms with Gasteiger partial charge in [-0.15, -0.1) is 0 Å². The van der Waals surface area contributed by atoms with Crippen molar-refractivity contribution in [2.24, 2.45) is 11.8 Å². The number of carbonyl (C=O) groups excluding carboxylic acids is 1. The van der Waals surface area contributed by atoms with Crippen molar-refractivity contribution in [3.8, 4) is 17.6 Å². The lowest BCUT2D eigenvalue weighted by molar-refractivity contribution is -0.139. The van der Waals surface area contributed by atoms with Crippen LogP contribution in [0.1, 0.15) is 41.6 Å². The summed E-state index contributed by atoms with van der Waals surface area (Å²) in [5.74, 6) is 6.53. The van der Waals surface area contributed by atoms with Gasteiger partial charge in [-0.3, -0.25) is 19.5 Å². The van der Waals surface area contributed by atoms with Crippen LogP contribution in [0.2, 0.25) is 0 Å². The molecule has 0 aliphatic carbocycles. The summed E-state index contributed by atoms with van der Waals surface area (Å²) in [6, 6.07) is 9.28. The number of pyridine rings is 1. The van der Waals surface area contributed by atoms with Crippen molar-refractivity contribution in [2.75, 3.05) is 26.7 Å². The molecule has 0 bridgehead atoms. The number of methoxy groups -OCH3 is 1. The maximum atomic E-state index is 13.1. The number of carboxylic acid groups (broad SMARTS) is 1. The normalized spacial score (nSPS) is 18.3. The van der Waals surface area contributed by atoms with Gasteiger partial charge in [0.25, 0.3) is 0 Å². The molecule has 1 N–H and O–H groups in total. The van der Waals surface area contributed by atoms with Crippen molar-refractivity contribution in [3.63, 3.8) is 0 Å². The van der Waals surface area contributed by atoms with Gasteiger partial charge in [0.05, 0.1) is 19.2 Å². The Morgan fingerprint density at radius 1 is 1.26 bits per heavy atom. The van der Waals surface area contributed by atoms with Gasteiger partial charge in [0.1, 0.15) is 5.75 Å². The van der Waals surface area contributed by atoms with Crippen molar-refractivity contribution in [3.05, 3.63) is 58.4 Å². The molecule has 1 aliphatic heterocycles. The molecule has 2 aromatic heterocycles. The van der Waals surface area contributed by atoms with Gasteiger partial charge in [-0.1, -0.05) is 11.8 Å². The molecular formula is C27H28N2O4S. The summed E-state index contributed by atoms with van der Waals surface area (Å²) < 4.78 is 5.31. The third-order valence-corrected chi connectivity index (χ3v) is 7.14. The number of rotatable bonds is 8. The summed E-state index contributed by atoms with van der Waals surface area (Å²) in [6.07, 6.45) is 3.71. The lowest BCUT2D eigenvalue weighted by atomic mass is 9.79. The topological polar surface area (TPSA) is 79.7 Å². The van der Waals surface area contributed by atoms with E-state index in [9.17, 15) is 14.7 Å². The third-order valence-electron chi connectivity index (χ3n) is 6.46. The SMILES string of the molecule is COc1ccc2nccc(C(=O)CCC3CCN(CC#Cc4ccsc4)CC3CC(=O)O)c2c1. The third kappa shape index (κ3) is 6.02. The number of ether oxygens (including phenoxy) is 1. The number of likely N-dealkylation sites (tertiary alicyclic amines) is 1. The number of aromatic nitrogens is 1. The Morgan fingerprint density at radius 2 is 2.15 bits per heavy atom. The number of fused-ring (bicyclic) bond motifs is 1. The van der Waals surface area contributed by atoms with Crippen molar-refractivity contribution in [1.29, 1.82) is 0 Å². The summed E-state index contributed by atoms with van der Waals surface area (Å²) >= 11 is 1.62. The molecule has 1 aromatic carbocycles. The first kappa shape index (κ1) is 23.9. The van der Waals surface area contributed by atoms with Crippen LogP contribution in [0.5, 0.6) is 5.75 Å². The Kier molecular flexibility index (Phi) is 7.94. The van der Waals surface area contributed by atoms with Crippen molar-refractivity contribution in [1.82, 2.24) is 9.88 Å². The highest BCUT2D eigenvalue weighted by molar-refractivity contribution is 7.08. The molecule has 3 aromatic rings. The van der Waals surface area contributed by atoms with E-state index in [1.54, 1.807) is 30.7 Å². The largest absolute Gasteiger partial charge is 0.497 e. The van der Waals surface area contributed by atoms with Gasteiger partial charge in [0.15, 0.2) is 5.78 Å². The number of carbonyl (C=O) groups is 2. The second kappa shape index (κ2) is 11.3. The maximum absolute atomic E-state index is 13.1. The molecule has 2 unspecified atom stereocenters. The van der Waals surface area contributed by atoms with Gasteiger partial charge in [0.2, 0.25) is 0 Å². The van der Waals surface area contributed by atoms with Crippen molar-refractivity contribution < 1.29 is 19.4 Å². The van der Waals surface area contributed by atoms with E-state index in [0.29, 0.717) is 37.2 Å². The molecule has 34 heavy (non-hydrogen) atoms. The highest BCUT2D eigenvalue weighted by atomic mass is 32.1. The number of ketones is 1. The lowest BCUT2D eigenvalue weighted by Crippen LogP contribution is -2.41.